The van der Waals surface area contributed by atoms with E-state index in [1.807, 2.05) is 0 Å². The molecule has 0 aliphatic carbocycles. The molecule has 9 heteroatoms. The first-order valence-corrected chi connectivity index (χ1v) is 7.98. The molecule has 6 nitrogen and oxygen atoms in total. The van der Waals surface area contributed by atoms with Crippen LogP contribution in [0.4, 0.5) is 4.39 Å². The second-order valence-corrected chi connectivity index (χ2v) is 6.92. The van der Waals surface area contributed by atoms with E-state index in [1.165, 1.54) is 33.5 Å². The molecule has 22 heavy (non-hydrogen) atoms. The van der Waals surface area contributed by atoms with Crippen molar-refractivity contribution in [2.45, 2.75) is 17.4 Å². The van der Waals surface area contributed by atoms with Crippen LogP contribution in [-0.2, 0) is 10.0 Å². The van der Waals surface area contributed by atoms with Gasteiger partial charge in [-0.05, 0) is 18.6 Å². The van der Waals surface area contributed by atoms with E-state index in [1.54, 1.807) is 12.1 Å². The van der Waals surface area contributed by atoms with Crippen LogP contribution in [0.2, 0.25) is 0 Å². The van der Waals surface area contributed by atoms with E-state index in [0.29, 0.717) is 19.5 Å². The molecule has 0 radical (unpaired) electrons. The topological polar surface area (TPSA) is 81.2 Å². The number of halogens is 2. The highest BCUT2D eigenvalue weighted by atomic mass is 35.5. The third kappa shape index (κ3) is 3.00. The number of rotatable bonds is 3. The van der Waals surface area contributed by atoms with Crippen molar-refractivity contribution in [3.8, 4) is 5.69 Å². The summed E-state index contributed by atoms with van der Waals surface area (Å²) in [6.45, 7) is 0.696. The van der Waals surface area contributed by atoms with Gasteiger partial charge >= 0.3 is 0 Å². The fourth-order valence-corrected chi connectivity index (χ4v) is 3.78. The molecular weight excluding hydrogens is 331 g/mol. The summed E-state index contributed by atoms with van der Waals surface area (Å²) in [4.78, 5) is 0.0415. The highest BCUT2D eigenvalue weighted by Gasteiger charge is 2.32. The summed E-state index contributed by atoms with van der Waals surface area (Å²) in [5.41, 5.74) is 5.95. The zero-order chi connectivity index (χ0) is 15.0. The van der Waals surface area contributed by atoms with E-state index in [9.17, 15) is 12.8 Å². The van der Waals surface area contributed by atoms with Gasteiger partial charge in [-0.25, -0.2) is 17.5 Å². The first kappa shape index (κ1) is 16.9. The molecule has 3 rings (SSSR count). The molecule has 1 aliphatic rings. The second kappa shape index (κ2) is 6.33. The molecule has 1 aromatic carbocycles. The number of nitrogens with two attached hydrogens (primary N) is 1. The molecule has 2 heterocycles. The number of hydrogen-bond donors (Lipinski definition) is 1. The maximum atomic E-state index is 13.7. The van der Waals surface area contributed by atoms with Gasteiger partial charge in [0.05, 0.1) is 12.4 Å². The number of hydrogen-bond acceptors (Lipinski definition) is 4. The number of sulfonamides is 1. The van der Waals surface area contributed by atoms with Gasteiger partial charge in [0.25, 0.3) is 0 Å². The van der Waals surface area contributed by atoms with Crippen LogP contribution >= 0.6 is 12.4 Å². The molecular formula is C13H16ClFN4O2S. The summed E-state index contributed by atoms with van der Waals surface area (Å²) in [6.07, 6.45) is 3.18. The molecule has 1 aromatic heterocycles. The van der Waals surface area contributed by atoms with Gasteiger partial charge in [-0.15, -0.1) is 12.4 Å². The van der Waals surface area contributed by atoms with Crippen LogP contribution in [-0.4, -0.2) is 41.6 Å². The lowest BCUT2D eigenvalue weighted by atomic mass is 10.3. The summed E-state index contributed by atoms with van der Waals surface area (Å²) in [5, 5.41) is 3.94. The number of aromatic nitrogens is 2. The van der Waals surface area contributed by atoms with Gasteiger partial charge in [-0.3, -0.25) is 0 Å². The van der Waals surface area contributed by atoms with Gasteiger partial charge in [0.1, 0.15) is 16.4 Å². The van der Waals surface area contributed by atoms with Gasteiger partial charge in [0.2, 0.25) is 10.0 Å². The van der Waals surface area contributed by atoms with Crippen molar-refractivity contribution in [1.29, 1.82) is 0 Å². The summed E-state index contributed by atoms with van der Waals surface area (Å²) in [7, 11) is -3.62. The number of benzene rings is 1. The van der Waals surface area contributed by atoms with Gasteiger partial charge in [0.15, 0.2) is 0 Å². The lowest BCUT2D eigenvalue weighted by Crippen LogP contribution is -2.31. The molecule has 0 spiro atoms. The fraction of sp³-hybridized carbons (Fsp3) is 0.308. The van der Waals surface area contributed by atoms with E-state index in [2.05, 4.69) is 5.10 Å². The van der Waals surface area contributed by atoms with Crippen LogP contribution in [0.15, 0.2) is 41.6 Å². The van der Waals surface area contributed by atoms with Gasteiger partial charge in [-0.1, -0.05) is 12.1 Å². The zero-order valence-electron chi connectivity index (χ0n) is 11.6. The normalized spacial score (nSPS) is 19.1. The van der Waals surface area contributed by atoms with E-state index >= 15 is 0 Å². The quantitative estimate of drug-likeness (QED) is 0.904. The lowest BCUT2D eigenvalue weighted by Gasteiger charge is -2.14. The second-order valence-electron chi connectivity index (χ2n) is 4.98. The first-order valence-electron chi connectivity index (χ1n) is 6.54. The molecule has 1 fully saturated rings. The Morgan fingerprint density at radius 1 is 1.32 bits per heavy atom. The molecule has 0 amide bonds. The average molecular weight is 347 g/mol. The molecule has 1 saturated heterocycles. The van der Waals surface area contributed by atoms with Crippen molar-refractivity contribution >= 4 is 22.4 Å². The SMILES string of the molecule is Cl.N[C@@H]1CCN(S(=O)(=O)c2cnn(-c3ccccc3F)c2)C1. The standard InChI is InChI=1S/C13H15FN4O2S.ClH/c14-12-3-1-2-4-13(12)18-9-11(7-16-18)21(19,20)17-6-5-10(15)8-17;/h1-4,7,9-10H,5-6,8,15H2;1H/t10-;/m1./s1. The Labute approximate surface area is 134 Å². The van der Waals surface area contributed by atoms with Gasteiger partial charge in [-0.2, -0.15) is 9.40 Å². The maximum absolute atomic E-state index is 13.7. The van der Waals surface area contributed by atoms with Gasteiger partial charge < -0.3 is 5.73 Å². The minimum Gasteiger partial charge on any atom is -0.326 e. The van der Waals surface area contributed by atoms with Crippen LogP contribution in [0.3, 0.4) is 0 Å². The summed E-state index contributed by atoms with van der Waals surface area (Å²) in [6, 6.07) is 5.91. The zero-order valence-corrected chi connectivity index (χ0v) is 13.2. The molecule has 0 saturated carbocycles. The Morgan fingerprint density at radius 3 is 2.68 bits per heavy atom. The van der Waals surface area contributed by atoms with Crippen molar-refractivity contribution in [3.63, 3.8) is 0 Å². The Bertz CT molecular complexity index is 765. The van der Waals surface area contributed by atoms with Crippen LogP contribution in [0.1, 0.15) is 6.42 Å². The monoisotopic (exact) mass is 346 g/mol. The highest BCUT2D eigenvalue weighted by molar-refractivity contribution is 7.89. The average Bonchev–Trinajstić information content (AvgIpc) is 3.08. The molecule has 0 bridgehead atoms. The Balaban J connectivity index is 0.00000176. The largest absolute Gasteiger partial charge is 0.326 e. The van der Waals surface area contributed by atoms with Crippen molar-refractivity contribution in [3.05, 3.63) is 42.5 Å². The minimum atomic E-state index is -3.62. The summed E-state index contributed by atoms with van der Waals surface area (Å²) < 4.78 is 41.1. The van der Waals surface area contributed by atoms with Crippen LogP contribution < -0.4 is 5.73 Å². The van der Waals surface area contributed by atoms with E-state index in [-0.39, 0.29) is 29.0 Å². The third-order valence-electron chi connectivity index (χ3n) is 3.48. The predicted molar refractivity (Wildman–Crippen MR) is 82.1 cm³/mol. The molecule has 1 aliphatic heterocycles. The molecule has 2 N–H and O–H groups in total. The third-order valence-corrected chi connectivity index (χ3v) is 5.30. The van der Waals surface area contributed by atoms with Crippen molar-refractivity contribution < 1.29 is 12.8 Å². The summed E-state index contributed by atoms with van der Waals surface area (Å²) in [5.74, 6) is -0.465. The lowest BCUT2D eigenvalue weighted by molar-refractivity contribution is 0.472. The Morgan fingerprint density at radius 2 is 2.05 bits per heavy atom. The van der Waals surface area contributed by atoms with Gasteiger partial charge in [0, 0.05) is 19.1 Å². The summed E-state index contributed by atoms with van der Waals surface area (Å²) >= 11 is 0. The van der Waals surface area contributed by atoms with E-state index in [4.69, 9.17) is 5.73 Å². The first-order chi connectivity index (χ1) is 9.98. The molecule has 1 atom stereocenters. The van der Waals surface area contributed by atoms with Crippen LogP contribution in [0.5, 0.6) is 0 Å². The highest BCUT2D eigenvalue weighted by Crippen LogP contribution is 2.21. The molecule has 120 valence electrons. The van der Waals surface area contributed by atoms with Crippen LogP contribution in [0, 0.1) is 5.82 Å². The predicted octanol–water partition coefficient (Wildman–Crippen LogP) is 1.15. The van der Waals surface area contributed by atoms with E-state index < -0.39 is 15.8 Å². The number of nitrogens with zero attached hydrogens (tertiary/aromatic N) is 3. The van der Waals surface area contributed by atoms with Crippen LogP contribution in [0.25, 0.3) is 5.69 Å². The molecule has 0 unspecified atom stereocenters. The minimum absolute atomic E-state index is 0. The van der Waals surface area contributed by atoms with Crippen molar-refractivity contribution in [1.82, 2.24) is 14.1 Å². The Kier molecular flexibility index (Phi) is 4.86. The van der Waals surface area contributed by atoms with E-state index in [0.717, 1.165) is 0 Å². The van der Waals surface area contributed by atoms with Crippen molar-refractivity contribution in [2.24, 2.45) is 5.73 Å². The number of para-hydroxylation sites is 1. The van der Waals surface area contributed by atoms with Crippen molar-refractivity contribution in [2.75, 3.05) is 13.1 Å². The maximum Gasteiger partial charge on any atom is 0.246 e. The smallest absolute Gasteiger partial charge is 0.246 e. The fourth-order valence-electron chi connectivity index (χ4n) is 2.33. The Hall–Kier alpha value is -1.48. The molecule has 2 aromatic rings.